The molecule has 4 nitrogen and oxygen atoms in total. The summed E-state index contributed by atoms with van der Waals surface area (Å²) in [4.78, 5) is 11.2. The lowest BCUT2D eigenvalue weighted by atomic mass is 10.1. The molecule has 0 aromatic heterocycles. The SMILES string of the molecule is CC(C)CCCCCP(=O)(CCCCCC(C)C)COC(=O)CO. The van der Waals surface area contributed by atoms with E-state index in [-0.39, 0.29) is 6.35 Å². The smallest absolute Gasteiger partial charge is 0.332 e. The lowest BCUT2D eigenvalue weighted by molar-refractivity contribution is -0.144. The Morgan fingerprint density at radius 2 is 1.33 bits per heavy atom. The zero-order valence-electron chi connectivity index (χ0n) is 16.3. The molecule has 0 aromatic carbocycles. The van der Waals surface area contributed by atoms with E-state index in [0.717, 1.165) is 25.7 Å². The fourth-order valence-electron chi connectivity index (χ4n) is 2.73. The van der Waals surface area contributed by atoms with Crippen LogP contribution in [0.3, 0.4) is 0 Å². The van der Waals surface area contributed by atoms with E-state index in [9.17, 15) is 9.36 Å². The predicted molar refractivity (Wildman–Crippen MR) is 102 cm³/mol. The summed E-state index contributed by atoms with van der Waals surface area (Å²) in [5.74, 6) is 0.751. The maximum Gasteiger partial charge on any atom is 0.332 e. The van der Waals surface area contributed by atoms with Crippen molar-refractivity contribution in [3.8, 4) is 0 Å². The van der Waals surface area contributed by atoms with Gasteiger partial charge < -0.3 is 14.4 Å². The summed E-state index contributed by atoms with van der Waals surface area (Å²) < 4.78 is 18.1. The van der Waals surface area contributed by atoms with Gasteiger partial charge in [-0.3, -0.25) is 0 Å². The van der Waals surface area contributed by atoms with Crippen molar-refractivity contribution in [3.05, 3.63) is 0 Å². The van der Waals surface area contributed by atoms with Crippen LogP contribution in [0.15, 0.2) is 0 Å². The van der Waals surface area contributed by atoms with Gasteiger partial charge in [0, 0.05) is 12.3 Å². The summed E-state index contributed by atoms with van der Waals surface area (Å²) in [5.41, 5.74) is 0. The number of aliphatic hydroxyl groups excluding tert-OH is 1. The highest BCUT2D eigenvalue weighted by Gasteiger charge is 2.23. The van der Waals surface area contributed by atoms with Crippen LogP contribution in [0.5, 0.6) is 0 Å². The molecule has 0 aliphatic rings. The number of ether oxygens (including phenoxy) is 1. The van der Waals surface area contributed by atoms with Crippen LogP contribution >= 0.6 is 7.14 Å². The van der Waals surface area contributed by atoms with E-state index in [1.54, 1.807) is 0 Å². The van der Waals surface area contributed by atoms with Crippen LogP contribution in [-0.2, 0) is 14.1 Å². The molecule has 0 unspecified atom stereocenters. The first kappa shape index (κ1) is 23.7. The Morgan fingerprint density at radius 1 is 0.875 bits per heavy atom. The molecular formula is C19H39O4P. The van der Waals surface area contributed by atoms with Crippen LogP contribution in [0.2, 0.25) is 0 Å². The van der Waals surface area contributed by atoms with E-state index in [1.807, 2.05) is 0 Å². The lowest BCUT2D eigenvalue weighted by Crippen LogP contribution is -2.12. The first-order chi connectivity index (χ1) is 11.3. The van der Waals surface area contributed by atoms with Crippen LogP contribution in [0.4, 0.5) is 0 Å². The van der Waals surface area contributed by atoms with Crippen LogP contribution in [0, 0.1) is 11.8 Å². The number of aliphatic hydroxyl groups is 1. The van der Waals surface area contributed by atoms with Gasteiger partial charge in [0.05, 0.1) is 0 Å². The molecule has 1 N–H and O–H groups in total. The molecule has 0 atom stereocenters. The lowest BCUT2D eigenvalue weighted by Gasteiger charge is -2.18. The van der Waals surface area contributed by atoms with Gasteiger partial charge in [0.25, 0.3) is 0 Å². The predicted octanol–water partition coefficient (Wildman–Crippen LogP) is 5.28. The number of carbonyl (C=O) groups is 1. The van der Waals surface area contributed by atoms with Gasteiger partial charge >= 0.3 is 5.97 Å². The van der Waals surface area contributed by atoms with Gasteiger partial charge in [-0.25, -0.2) is 4.79 Å². The molecule has 144 valence electrons. The van der Waals surface area contributed by atoms with Gasteiger partial charge in [-0.2, -0.15) is 0 Å². The number of rotatable bonds is 15. The van der Waals surface area contributed by atoms with Gasteiger partial charge in [-0.05, 0) is 24.7 Å². The minimum atomic E-state index is -2.47. The Labute approximate surface area is 149 Å². The number of hydrogen-bond donors (Lipinski definition) is 1. The molecular weight excluding hydrogens is 323 g/mol. The molecule has 5 heteroatoms. The summed E-state index contributed by atoms with van der Waals surface area (Å²) >= 11 is 0. The number of esters is 1. The van der Waals surface area contributed by atoms with Crippen LogP contribution in [-0.4, -0.2) is 36.4 Å². The van der Waals surface area contributed by atoms with E-state index in [4.69, 9.17) is 9.84 Å². The Hall–Kier alpha value is -0.340. The highest BCUT2D eigenvalue weighted by atomic mass is 31.2. The van der Waals surface area contributed by atoms with Crippen molar-refractivity contribution in [1.82, 2.24) is 0 Å². The average Bonchev–Trinajstić information content (AvgIpc) is 2.51. The normalized spacial score (nSPS) is 12.1. The summed E-state index contributed by atoms with van der Waals surface area (Å²) in [6.45, 7) is 8.24. The summed E-state index contributed by atoms with van der Waals surface area (Å²) in [5, 5.41) is 8.76. The van der Waals surface area contributed by atoms with Crippen LogP contribution in [0.1, 0.15) is 79.1 Å². The highest BCUT2D eigenvalue weighted by Crippen LogP contribution is 2.47. The molecule has 0 saturated carbocycles. The molecule has 0 aromatic rings. The van der Waals surface area contributed by atoms with Gasteiger partial charge in [-0.1, -0.05) is 66.2 Å². The highest BCUT2D eigenvalue weighted by molar-refractivity contribution is 7.63. The minimum Gasteiger partial charge on any atom is -0.456 e. The molecule has 0 heterocycles. The zero-order chi connectivity index (χ0) is 18.4. The van der Waals surface area contributed by atoms with E-state index in [0.29, 0.717) is 24.2 Å². The molecule has 0 aliphatic carbocycles. The number of unbranched alkanes of at least 4 members (excludes halogenated alkanes) is 4. The largest absolute Gasteiger partial charge is 0.456 e. The molecule has 0 radical (unpaired) electrons. The first-order valence-corrected chi connectivity index (χ1v) is 11.9. The molecule has 0 rings (SSSR count). The van der Waals surface area contributed by atoms with Gasteiger partial charge in [0.1, 0.15) is 20.1 Å². The van der Waals surface area contributed by atoms with E-state index in [1.165, 1.54) is 25.7 Å². The summed E-state index contributed by atoms with van der Waals surface area (Å²) in [7, 11) is -2.47. The van der Waals surface area contributed by atoms with E-state index < -0.39 is 19.7 Å². The van der Waals surface area contributed by atoms with E-state index in [2.05, 4.69) is 27.7 Å². The zero-order valence-corrected chi connectivity index (χ0v) is 17.2. The quantitative estimate of drug-likeness (QED) is 0.245. The third-order valence-electron chi connectivity index (χ3n) is 4.28. The third kappa shape index (κ3) is 14.0. The van der Waals surface area contributed by atoms with E-state index >= 15 is 0 Å². The molecule has 24 heavy (non-hydrogen) atoms. The standard InChI is InChI=1S/C19H39O4P/c1-17(2)11-7-5-9-13-24(22,16-23-19(21)15-20)14-10-6-8-12-18(3)4/h17-18,20H,5-16H2,1-4H3. The van der Waals surface area contributed by atoms with Crippen molar-refractivity contribution in [2.24, 2.45) is 11.8 Å². The molecule has 0 aliphatic heterocycles. The first-order valence-electron chi connectivity index (χ1n) is 9.62. The molecule has 0 fully saturated rings. The second kappa shape index (κ2) is 13.9. The van der Waals surface area contributed by atoms with Gasteiger partial charge in [0.15, 0.2) is 0 Å². The summed E-state index contributed by atoms with van der Waals surface area (Å²) in [6, 6.07) is 0. The number of carbonyl (C=O) groups excluding carboxylic acids is 1. The second-order valence-corrected chi connectivity index (χ2v) is 11.1. The van der Waals surface area contributed by atoms with Crippen molar-refractivity contribution in [2.45, 2.75) is 79.1 Å². The number of hydrogen-bond acceptors (Lipinski definition) is 4. The Kier molecular flexibility index (Phi) is 13.7. The van der Waals surface area contributed by atoms with Crippen molar-refractivity contribution in [2.75, 3.05) is 25.3 Å². The average molecular weight is 362 g/mol. The summed E-state index contributed by atoms with van der Waals surface area (Å²) in [6.07, 6.45) is 10.1. The molecule has 0 saturated heterocycles. The minimum absolute atomic E-state index is 0.000748. The van der Waals surface area contributed by atoms with Crippen molar-refractivity contribution >= 4 is 13.1 Å². The Balaban J connectivity index is 4.22. The van der Waals surface area contributed by atoms with Crippen molar-refractivity contribution in [3.63, 3.8) is 0 Å². The van der Waals surface area contributed by atoms with Crippen LogP contribution < -0.4 is 0 Å². The van der Waals surface area contributed by atoms with Crippen LogP contribution in [0.25, 0.3) is 0 Å². The molecule has 0 spiro atoms. The van der Waals surface area contributed by atoms with Gasteiger partial charge in [0.2, 0.25) is 0 Å². The van der Waals surface area contributed by atoms with Crippen molar-refractivity contribution < 1.29 is 19.2 Å². The molecule has 0 amide bonds. The Bertz CT molecular complexity index is 344. The topological polar surface area (TPSA) is 63.6 Å². The fraction of sp³-hybridized carbons (Fsp3) is 0.947. The fourth-order valence-corrected chi connectivity index (χ4v) is 5.20. The maximum absolute atomic E-state index is 13.1. The molecule has 0 bridgehead atoms. The third-order valence-corrected chi connectivity index (χ3v) is 7.15. The maximum atomic E-state index is 13.1. The second-order valence-electron chi connectivity index (χ2n) is 7.80. The van der Waals surface area contributed by atoms with Gasteiger partial charge in [-0.15, -0.1) is 0 Å². The monoisotopic (exact) mass is 362 g/mol. The Morgan fingerprint density at radius 3 is 1.71 bits per heavy atom. The van der Waals surface area contributed by atoms with Crippen molar-refractivity contribution in [1.29, 1.82) is 0 Å².